The highest BCUT2D eigenvalue weighted by atomic mass is 19.1. The van der Waals surface area contributed by atoms with Gasteiger partial charge in [-0.3, -0.25) is 9.78 Å². The van der Waals surface area contributed by atoms with Crippen molar-refractivity contribution in [2.75, 3.05) is 25.0 Å². The summed E-state index contributed by atoms with van der Waals surface area (Å²) in [5, 5.41) is 8.65. The highest BCUT2D eigenvalue weighted by Crippen LogP contribution is 2.35. The molecule has 41 heavy (non-hydrogen) atoms. The number of halogens is 1. The number of nitrogens with one attached hydrogen (secondary N) is 1. The number of anilines is 1. The first-order valence-corrected chi connectivity index (χ1v) is 14.8. The van der Waals surface area contributed by atoms with Crippen LogP contribution in [0.5, 0.6) is 0 Å². The summed E-state index contributed by atoms with van der Waals surface area (Å²) >= 11 is 0. The first-order valence-electron chi connectivity index (χ1n) is 14.8. The molecule has 2 aliphatic carbocycles. The van der Waals surface area contributed by atoms with Gasteiger partial charge in [-0.1, -0.05) is 19.1 Å². The molecule has 220 valence electrons. The Kier molecular flexibility index (Phi) is 12.5. The largest absolute Gasteiger partial charge is 0.324 e. The number of carbonyl (C=O) groups is 1. The molecule has 1 N–H and O–H groups in total. The third-order valence-electron chi connectivity index (χ3n) is 7.76. The van der Waals surface area contributed by atoms with Gasteiger partial charge in [0.05, 0.1) is 24.0 Å². The SMILES string of the molecule is C#C.C=C(/C=N\C(=C(/C)F)N(CC)/N=C\CC(=O)Nc1cnc(C2=CCC(N3CCCCC3)CC2)c(C)c1)C1CC1. The van der Waals surface area contributed by atoms with Crippen LogP contribution >= 0.6 is 0 Å². The van der Waals surface area contributed by atoms with Gasteiger partial charge in [0.2, 0.25) is 5.91 Å². The molecule has 1 aliphatic heterocycles. The molecule has 0 radical (unpaired) electrons. The number of allylic oxidation sites excluding steroid dienone is 3. The number of hydrazone groups is 1. The fourth-order valence-corrected chi connectivity index (χ4v) is 5.39. The predicted molar refractivity (Wildman–Crippen MR) is 168 cm³/mol. The Morgan fingerprint density at radius 2 is 2.00 bits per heavy atom. The number of carbonyl (C=O) groups excluding carboxylic acids is 1. The fourth-order valence-electron chi connectivity index (χ4n) is 5.39. The second-order valence-electron chi connectivity index (χ2n) is 10.9. The summed E-state index contributed by atoms with van der Waals surface area (Å²) in [4.78, 5) is 24.2. The van der Waals surface area contributed by atoms with Crippen molar-refractivity contribution >= 4 is 29.6 Å². The van der Waals surface area contributed by atoms with E-state index in [4.69, 9.17) is 4.98 Å². The molecule has 1 aromatic rings. The number of aromatic nitrogens is 1. The quantitative estimate of drug-likeness (QED) is 0.182. The molecule has 1 amide bonds. The lowest BCUT2D eigenvalue weighted by molar-refractivity contribution is -0.115. The van der Waals surface area contributed by atoms with Crippen molar-refractivity contribution in [2.24, 2.45) is 16.0 Å². The maximum absolute atomic E-state index is 14.2. The van der Waals surface area contributed by atoms with Crippen LogP contribution in [0.2, 0.25) is 0 Å². The van der Waals surface area contributed by atoms with Crippen LogP contribution in [-0.4, -0.2) is 58.9 Å². The molecule has 0 bridgehead atoms. The third kappa shape index (κ3) is 9.50. The van der Waals surface area contributed by atoms with Crippen molar-refractivity contribution in [2.45, 2.75) is 84.6 Å². The van der Waals surface area contributed by atoms with Gasteiger partial charge in [0.15, 0.2) is 5.82 Å². The molecule has 8 heteroatoms. The van der Waals surface area contributed by atoms with Gasteiger partial charge in [-0.05, 0) is 108 Å². The standard InChI is InChI=1S/C31H43FN6O.C2H2/c1-5-38(31(24(4)32)34-20-23(3)25-9-10-25)35-16-15-29(39)36-27-19-22(2)30(33-21-27)26-11-13-28(14-12-26)37-17-7-6-8-18-37;1-2/h11,16,19-21,25,28H,3,5-10,12-15,17-18H2,1-2,4H3,(H,36,39);1-2H/b31-24-,34-20-,35-16-;. The lowest BCUT2D eigenvalue weighted by atomic mass is 9.90. The Balaban J connectivity index is 0.00000226. The van der Waals surface area contributed by atoms with Crippen molar-refractivity contribution in [1.29, 1.82) is 0 Å². The summed E-state index contributed by atoms with van der Waals surface area (Å²) in [5.74, 6) is -0.0561. The van der Waals surface area contributed by atoms with Gasteiger partial charge in [-0.25, -0.2) is 14.4 Å². The molecule has 1 aromatic heterocycles. The molecule has 2 heterocycles. The average Bonchev–Trinajstić information content (AvgIpc) is 3.84. The van der Waals surface area contributed by atoms with Crippen molar-refractivity contribution in [3.8, 4) is 12.8 Å². The van der Waals surface area contributed by atoms with Crippen molar-refractivity contribution < 1.29 is 9.18 Å². The van der Waals surface area contributed by atoms with Gasteiger partial charge in [-0.2, -0.15) is 5.10 Å². The van der Waals surface area contributed by atoms with Crippen molar-refractivity contribution in [1.82, 2.24) is 14.9 Å². The zero-order valence-corrected chi connectivity index (χ0v) is 24.9. The summed E-state index contributed by atoms with van der Waals surface area (Å²) in [6.45, 7) is 12.1. The number of likely N-dealkylation sites (tertiary alicyclic amines) is 1. The number of pyridine rings is 1. The van der Waals surface area contributed by atoms with Crippen molar-refractivity contribution in [3.05, 3.63) is 53.4 Å². The van der Waals surface area contributed by atoms with E-state index in [-0.39, 0.29) is 18.1 Å². The minimum Gasteiger partial charge on any atom is -0.324 e. The van der Waals surface area contributed by atoms with Crippen LogP contribution in [0.4, 0.5) is 10.1 Å². The maximum Gasteiger partial charge on any atom is 0.229 e. The number of terminal acetylenes is 1. The normalized spacial score (nSPS) is 20.1. The summed E-state index contributed by atoms with van der Waals surface area (Å²) < 4.78 is 14.2. The first-order chi connectivity index (χ1) is 19.9. The lowest BCUT2D eigenvalue weighted by Gasteiger charge is -2.36. The van der Waals surface area contributed by atoms with E-state index >= 15 is 0 Å². The molecule has 4 rings (SSSR count). The van der Waals surface area contributed by atoms with Crippen LogP contribution < -0.4 is 5.32 Å². The second-order valence-corrected chi connectivity index (χ2v) is 10.9. The van der Waals surface area contributed by atoms with Crippen LogP contribution in [-0.2, 0) is 4.79 Å². The molecule has 1 atom stereocenters. The third-order valence-corrected chi connectivity index (χ3v) is 7.76. The van der Waals surface area contributed by atoms with Gasteiger partial charge in [-0.15, -0.1) is 12.8 Å². The minimum atomic E-state index is -0.435. The summed E-state index contributed by atoms with van der Waals surface area (Å²) in [6.07, 6.45) is 24.8. The average molecular weight is 561 g/mol. The van der Waals surface area contributed by atoms with Crippen LogP contribution in [0.25, 0.3) is 5.57 Å². The van der Waals surface area contributed by atoms with Crippen LogP contribution in [0.15, 0.2) is 52.2 Å². The number of amides is 1. The zero-order chi connectivity index (χ0) is 29.8. The Morgan fingerprint density at radius 1 is 1.27 bits per heavy atom. The second kappa shape index (κ2) is 16.0. The number of nitrogens with zero attached hydrogens (tertiary/aromatic N) is 5. The molecular formula is C33H45FN6O. The molecule has 3 aliphatic rings. The maximum atomic E-state index is 14.2. The molecule has 1 saturated carbocycles. The Bertz CT molecular complexity index is 1200. The smallest absolute Gasteiger partial charge is 0.229 e. The number of hydrogen-bond acceptors (Lipinski definition) is 6. The summed E-state index contributed by atoms with van der Waals surface area (Å²) in [7, 11) is 0. The fraction of sp³-hybridized carbons (Fsp3) is 0.515. The molecule has 0 aromatic carbocycles. The van der Waals surface area contributed by atoms with Crippen LogP contribution in [0.1, 0.15) is 82.9 Å². The number of rotatable bonds is 11. The monoisotopic (exact) mass is 560 g/mol. The lowest BCUT2D eigenvalue weighted by Crippen LogP contribution is -2.39. The van der Waals surface area contributed by atoms with E-state index in [0.29, 0.717) is 24.2 Å². The molecule has 1 saturated heterocycles. The van der Waals surface area contributed by atoms with Gasteiger partial charge in [0, 0.05) is 25.0 Å². The number of aliphatic imine (C=N–C) groups is 1. The van der Waals surface area contributed by atoms with Gasteiger partial charge < -0.3 is 10.2 Å². The minimum absolute atomic E-state index is 0.0530. The first kappa shape index (κ1) is 32.0. The molecular weight excluding hydrogens is 515 g/mol. The molecule has 2 fully saturated rings. The highest BCUT2D eigenvalue weighted by molar-refractivity contribution is 5.99. The van der Waals surface area contributed by atoms with Gasteiger partial charge in [0.1, 0.15) is 5.83 Å². The van der Waals surface area contributed by atoms with E-state index in [1.807, 2.05) is 19.9 Å². The highest BCUT2D eigenvalue weighted by Gasteiger charge is 2.25. The van der Waals surface area contributed by atoms with E-state index in [9.17, 15) is 9.18 Å². The summed E-state index contributed by atoms with van der Waals surface area (Å²) in [6, 6.07) is 2.63. The zero-order valence-electron chi connectivity index (χ0n) is 24.9. The Labute approximate surface area is 245 Å². The van der Waals surface area contributed by atoms with Gasteiger partial charge >= 0.3 is 0 Å². The van der Waals surface area contributed by atoms with E-state index in [1.165, 1.54) is 62.5 Å². The number of hydrogen-bond donors (Lipinski definition) is 1. The Morgan fingerprint density at radius 3 is 2.59 bits per heavy atom. The van der Waals surface area contributed by atoms with Gasteiger partial charge in [0.25, 0.3) is 0 Å². The molecule has 0 spiro atoms. The number of piperidine rings is 1. The molecule has 7 nitrogen and oxygen atoms in total. The topological polar surface area (TPSA) is 73.2 Å². The van der Waals surface area contributed by atoms with Crippen LogP contribution in [0.3, 0.4) is 0 Å². The van der Waals surface area contributed by atoms with E-state index < -0.39 is 5.83 Å². The van der Waals surface area contributed by atoms with Crippen LogP contribution in [0, 0.1) is 25.7 Å². The van der Waals surface area contributed by atoms with Crippen molar-refractivity contribution in [3.63, 3.8) is 0 Å². The van der Waals surface area contributed by atoms with E-state index in [2.05, 4.69) is 45.8 Å². The Hall–Kier alpha value is -3.57. The molecule has 1 unspecified atom stereocenters. The van der Waals surface area contributed by atoms with E-state index in [1.54, 1.807) is 12.4 Å². The van der Waals surface area contributed by atoms with E-state index in [0.717, 1.165) is 42.5 Å². The predicted octanol–water partition coefficient (Wildman–Crippen LogP) is 6.89. The summed E-state index contributed by atoms with van der Waals surface area (Å²) in [5.41, 5.74) is 4.95. The number of aryl methyl sites for hydroxylation is 1.